The van der Waals surface area contributed by atoms with Crippen molar-refractivity contribution in [3.05, 3.63) is 151 Å². The minimum absolute atomic E-state index is 0.640. The molecular formula is C38H24N4. The highest BCUT2D eigenvalue weighted by molar-refractivity contribution is 6.04. The Balaban J connectivity index is 1.34. The first-order chi connectivity index (χ1) is 20.8. The lowest BCUT2D eigenvalue weighted by Crippen LogP contribution is -2.00. The van der Waals surface area contributed by atoms with E-state index in [1.807, 2.05) is 84.9 Å². The van der Waals surface area contributed by atoms with Crippen molar-refractivity contribution in [3.8, 4) is 62.5 Å². The molecule has 0 radical (unpaired) electrons. The lowest BCUT2D eigenvalue weighted by atomic mass is 9.93. The SMILES string of the molecule is N#Cc1ccc(-c2ccc(-c3ccc(-c4nc(-c5ccccc5)nc(-c5ccccc5)n4)c4ccccc34)cc2)cc1. The summed E-state index contributed by atoms with van der Waals surface area (Å²) in [6.07, 6.45) is 0. The fourth-order valence-electron chi connectivity index (χ4n) is 5.25. The molecule has 0 saturated heterocycles. The molecule has 0 fully saturated rings. The van der Waals surface area contributed by atoms with E-state index in [0.29, 0.717) is 23.0 Å². The number of nitrogens with zero attached hydrogens (tertiary/aromatic N) is 4. The van der Waals surface area contributed by atoms with Gasteiger partial charge >= 0.3 is 0 Å². The summed E-state index contributed by atoms with van der Waals surface area (Å²) in [7, 11) is 0. The molecule has 7 rings (SSSR count). The molecule has 196 valence electrons. The van der Waals surface area contributed by atoms with Crippen LogP contribution in [0, 0.1) is 11.3 Å². The number of fused-ring (bicyclic) bond motifs is 1. The molecule has 42 heavy (non-hydrogen) atoms. The van der Waals surface area contributed by atoms with Crippen LogP contribution < -0.4 is 0 Å². The summed E-state index contributed by atoms with van der Waals surface area (Å²) in [5.41, 5.74) is 7.97. The van der Waals surface area contributed by atoms with E-state index in [1.165, 1.54) is 0 Å². The van der Waals surface area contributed by atoms with Gasteiger partial charge in [0.15, 0.2) is 17.5 Å². The van der Waals surface area contributed by atoms with Crippen LogP contribution in [0.2, 0.25) is 0 Å². The van der Waals surface area contributed by atoms with Crippen LogP contribution in [0.4, 0.5) is 0 Å². The minimum Gasteiger partial charge on any atom is -0.208 e. The monoisotopic (exact) mass is 536 g/mol. The minimum atomic E-state index is 0.640. The Kier molecular flexibility index (Phi) is 6.52. The first-order valence-electron chi connectivity index (χ1n) is 13.8. The summed E-state index contributed by atoms with van der Waals surface area (Å²) in [5, 5.41) is 11.3. The zero-order valence-corrected chi connectivity index (χ0v) is 22.6. The predicted octanol–water partition coefficient (Wildman–Crippen LogP) is 9.23. The molecule has 0 atom stereocenters. The Bertz CT molecular complexity index is 2000. The summed E-state index contributed by atoms with van der Waals surface area (Å²) in [6.45, 7) is 0. The lowest BCUT2D eigenvalue weighted by Gasteiger charge is -2.13. The van der Waals surface area contributed by atoms with Gasteiger partial charge in [-0.15, -0.1) is 0 Å². The molecule has 1 aromatic heterocycles. The molecule has 1 heterocycles. The van der Waals surface area contributed by atoms with Gasteiger partial charge in [-0.25, -0.2) is 15.0 Å². The number of aromatic nitrogens is 3. The molecule has 4 nitrogen and oxygen atoms in total. The van der Waals surface area contributed by atoms with Gasteiger partial charge in [0.05, 0.1) is 11.6 Å². The van der Waals surface area contributed by atoms with Gasteiger partial charge in [-0.05, 0) is 51.2 Å². The Morgan fingerprint density at radius 1 is 0.357 bits per heavy atom. The van der Waals surface area contributed by atoms with Crippen LogP contribution in [0.3, 0.4) is 0 Å². The number of nitriles is 1. The van der Waals surface area contributed by atoms with Crippen molar-refractivity contribution < 1.29 is 0 Å². The third-order valence-electron chi connectivity index (χ3n) is 7.41. The van der Waals surface area contributed by atoms with E-state index in [2.05, 4.69) is 66.7 Å². The van der Waals surface area contributed by atoms with E-state index in [9.17, 15) is 0 Å². The van der Waals surface area contributed by atoms with Crippen molar-refractivity contribution in [2.24, 2.45) is 0 Å². The maximum Gasteiger partial charge on any atom is 0.164 e. The number of hydrogen-bond donors (Lipinski definition) is 0. The van der Waals surface area contributed by atoms with Crippen LogP contribution in [0.1, 0.15) is 5.56 Å². The van der Waals surface area contributed by atoms with E-state index < -0.39 is 0 Å². The summed E-state index contributed by atoms with van der Waals surface area (Å²) in [6, 6.07) is 51.2. The maximum absolute atomic E-state index is 9.11. The average molecular weight is 537 g/mol. The Morgan fingerprint density at radius 3 is 1.33 bits per heavy atom. The van der Waals surface area contributed by atoms with E-state index in [0.717, 1.165) is 49.7 Å². The molecule has 0 bridgehead atoms. The fourth-order valence-corrected chi connectivity index (χ4v) is 5.25. The second kappa shape index (κ2) is 10.9. The Hall–Kier alpha value is -5.92. The largest absolute Gasteiger partial charge is 0.208 e. The van der Waals surface area contributed by atoms with E-state index in [-0.39, 0.29) is 0 Å². The van der Waals surface area contributed by atoms with Crippen LogP contribution in [0.25, 0.3) is 67.2 Å². The van der Waals surface area contributed by atoms with Gasteiger partial charge < -0.3 is 0 Å². The molecule has 4 heteroatoms. The molecule has 0 saturated carbocycles. The van der Waals surface area contributed by atoms with E-state index in [1.54, 1.807) is 0 Å². The Morgan fingerprint density at radius 2 is 0.786 bits per heavy atom. The second-order valence-corrected chi connectivity index (χ2v) is 10.0. The molecule has 0 N–H and O–H groups in total. The van der Waals surface area contributed by atoms with Gasteiger partial charge in [-0.3, -0.25) is 0 Å². The van der Waals surface area contributed by atoms with Crippen molar-refractivity contribution in [1.29, 1.82) is 5.26 Å². The summed E-state index contributed by atoms with van der Waals surface area (Å²) >= 11 is 0. The van der Waals surface area contributed by atoms with Crippen molar-refractivity contribution in [2.75, 3.05) is 0 Å². The van der Waals surface area contributed by atoms with Crippen LogP contribution in [0.15, 0.2) is 146 Å². The van der Waals surface area contributed by atoms with Crippen molar-refractivity contribution >= 4 is 10.8 Å². The highest BCUT2D eigenvalue weighted by atomic mass is 15.0. The maximum atomic E-state index is 9.11. The Labute approximate surface area is 244 Å². The second-order valence-electron chi connectivity index (χ2n) is 10.0. The van der Waals surface area contributed by atoms with Gasteiger partial charge in [-0.2, -0.15) is 5.26 Å². The predicted molar refractivity (Wildman–Crippen MR) is 169 cm³/mol. The molecule has 6 aromatic carbocycles. The molecule has 0 aliphatic rings. The van der Waals surface area contributed by atoms with Gasteiger partial charge in [0.1, 0.15) is 0 Å². The average Bonchev–Trinajstić information content (AvgIpc) is 3.08. The van der Waals surface area contributed by atoms with E-state index >= 15 is 0 Å². The van der Waals surface area contributed by atoms with Gasteiger partial charge in [0.2, 0.25) is 0 Å². The normalized spacial score (nSPS) is 10.8. The molecule has 0 aliphatic heterocycles. The van der Waals surface area contributed by atoms with Crippen molar-refractivity contribution in [2.45, 2.75) is 0 Å². The number of hydrogen-bond acceptors (Lipinski definition) is 4. The van der Waals surface area contributed by atoms with Gasteiger partial charge in [-0.1, -0.05) is 127 Å². The quantitative estimate of drug-likeness (QED) is 0.220. The highest BCUT2D eigenvalue weighted by Gasteiger charge is 2.16. The van der Waals surface area contributed by atoms with Crippen LogP contribution >= 0.6 is 0 Å². The van der Waals surface area contributed by atoms with Gasteiger partial charge in [0, 0.05) is 16.7 Å². The highest BCUT2D eigenvalue weighted by Crippen LogP contribution is 2.36. The zero-order valence-electron chi connectivity index (χ0n) is 22.6. The van der Waals surface area contributed by atoms with E-state index in [4.69, 9.17) is 20.2 Å². The summed E-state index contributed by atoms with van der Waals surface area (Å²) in [4.78, 5) is 14.8. The molecular weight excluding hydrogens is 512 g/mol. The van der Waals surface area contributed by atoms with Crippen molar-refractivity contribution in [1.82, 2.24) is 15.0 Å². The zero-order chi connectivity index (χ0) is 28.3. The molecule has 7 aromatic rings. The van der Waals surface area contributed by atoms with Crippen LogP contribution in [-0.4, -0.2) is 15.0 Å². The van der Waals surface area contributed by atoms with Crippen LogP contribution in [0.5, 0.6) is 0 Å². The lowest BCUT2D eigenvalue weighted by molar-refractivity contribution is 1.08. The topological polar surface area (TPSA) is 62.5 Å². The molecule has 0 amide bonds. The molecule has 0 spiro atoms. The van der Waals surface area contributed by atoms with Crippen LogP contribution in [-0.2, 0) is 0 Å². The van der Waals surface area contributed by atoms with Gasteiger partial charge in [0.25, 0.3) is 0 Å². The third kappa shape index (κ3) is 4.81. The first kappa shape index (κ1) is 25.1. The fraction of sp³-hybridized carbons (Fsp3) is 0. The third-order valence-corrected chi connectivity index (χ3v) is 7.41. The standard InChI is InChI=1S/C38H24N4/c39-25-26-15-17-27(18-16-26)28-19-21-29(22-20-28)32-23-24-35(34-14-8-7-13-33(32)34)38-41-36(30-9-3-1-4-10-30)40-37(42-38)31-11-5-2-6-12-31/h1-24H. The molecule has 0 unspecified atom stereocenters. The molecule has 0 aliphatic carbocycles. The summed E-state index contributed by atoms with van der Waals surface area (Å²) in [5.74, 6) is 1.93. The van der Waals surface area contributed by atoms with Crippen molar-refractivity contribution in [3.63, 3.8) is 0 Å². The number of benzene rings is 6. The first-order valence-corrected chi connectivity index (χ1v) is 13.8. The summed E-state index contributed by atoms with van der Waals surface area (Å²) < 4.78 is 0. The number of rotatable bonds is 5. The smallest absolute Gasteiger partial charge is 0.164 e.